The van der Waals surface area contributed by atoms with Crippen molar-refractivity contribution in [3.05, 3.63) is 64.2 Å². The summed E-state index contributed by atoms with van der Waals surface area (Å²) in [6, 6.07) is 11.5. The minimum Gasteiger partial charge on any atom is -0.465 e. The minimum absolute atomic E-state index is 0.250. The predicted octanol–water partition coefficient (Wildman–Crippen LogP) is 2.84. The van der Waals surface area contributed by atoms with Gasteiger partial charge < -0.3 is 15.8 Å². The lowest BCUT2D eigenvalue weighted by Gasteiger charge is -2.11. The molecule has 0 aliphatic carbocycles. The summed E-state index contributed by atoms with van der Waals surface area (Å²) in [6.07, 6.45) is 0. The smallest absolute Gasteiger partial charge is 0.337 e. The van der Waals surface area contributed by atoms with Crippen molar-refractivity contribution in [2.24, 2.45) is 5.73 Å². The standard InChI is InChI=1S/C16H15ClN2O3/c1-22-16(21)10-6-7-13(17)14(8-10)19-15(20)12-5-3-2-4-11(12)9-18/h2-8H,9,18H2,1H3,(H,19,20). The van der Waals surface area contributed by atoms with E-state index < -0.39 is 5.97 Å². The Hall–Kier alpha value is -2.37. The van der Waals surface area contributed by atoms with Crippen molar-refractivity contribution in [1.29, 1.82) is 0 Å². The van der Waals surface area contributed by atoms with Crippen LogP contribution in [-0.4, -0.2) is 19.0 Å². The minimum atomic E-state index is -0.505. The number of hydrogen-bond donors (Lipinski definition) is 2. The molecule has 0 saturated carbocycles. The van der Waals surface area contributed by atoms with Crippen LogP contribution < -0.4 is 11.1 Å². The van der Waals surface area contributed by atoms with Crippen molar-refractivity contribution in [1.82, 2.24) is 0 Å². The first-order valence-electron chi connectivity index (χ1n) is 6.54. The van der Waals surface area contributed by atoms with E-state index in [1.165, 1.54) is 25.3 Å². The normalized spacial score (nSPS) is 10.1. The van der Waals surface area contributed by atoms with Gasteiger partial charge in [-0.05, 0) is 29.8 Å². The van der Waals surface area contributed by atoms with Crippen molar-refractivity contribution in [3.8, 4) is 0 Å². The summed E-state index contributed by atoms with van der Waals surface area (Å²) in [5.41, 5.74) is 7.45. The SMILES string of the molecule is COC(=O)c1ccc(Cl)c(NC(=O)c2ccccc2CN)c1. The molecule has 114 valence electrons. The fourth-order valence-electron chi connectivity index (χ4n) is 1.98. The molecule has 0 atom stereocenters. The number of ether oxygens (including phenoxy) is 1. The number of nitrogens with one attached hydrogen (secondary N) is 1. The summed E-state index contributed by atoms with van der Waals surface area (Å²) in [5, 5.41) is 3.01. The van der Waals surface area contributed by atoms with Crippen LogP contribution in [0.25, 0.3) is 0 Å². The average Bonchev–Trinajstić information content (AvgIpc) is 2.55. The van der Waals surface area contributed by atoms with E-state index in [0.29, 0.717) is 21.8 Å². The van der Waals surface area contributed by atoms with E-state index >= 15 is 0 Å². The molecule has 6 heteroatoms. The highest BCUT2D eigenvalue weighted by molar-refractivity contribution is 6.34. The third-order valence-corrected chi connectivity index (χ3v) is 3.45. The predicted molar refractivity (Wildman–Crippen MR) is 85.1 cm³/mol. The van der Waals surface area contributed by atoms with Gasteiger partial charge in [0.1, 0.15) is 0 Å². The summed E-state index contributed by atoms with van der Waals surface area (Å²) < 4.78 is 4.65. The molecule has 0 aliphatic rings. The number of amides is 1. The van der Waals surface area contributed by atoms with Gasteiger partial charge in [-0.2, -0.15) is 0 Å². The molecule has 0 spiro atoms. The lowest BCUT2D eigenvalue weighted by molar-refractivity contribution is 0.0600. The second-order valence-electron chi connectivity index (χ2n) is 4.50. The lowest BCUT2D eigenvalue weighted by atomic mass is 10.1. The van der Waals surface area contributed by atoms with Crippen molar-refractivity contribution in [2.45, 2.75) is 6.54 Å². The number of methoxy groups -OCH3 is 1. The summed E-state index contributed by atoms with van der Waals surface area (Å²) in [7, 11) is 1.28. The van der Waals surface area contributed by atoms with Gasteiger partial charge in [-0.3, -0.25) is 4.79 Å². The zero-order valence-corrected chi connectivity index (χ0v) is 12.7. The Morgan fingerprint density at radius 2 is 1.95 bits per heavy atom. The summed E-state index contributed by atoms with van der Waals surface area (Å²) in [5.74, 6) is -0.848. The second-order valence-corrected chi connectivity index (χ2v) is 4.91. The van der Waals surface area contributed by atoms with E-state index in [9.17, 15) is 9.59 Å². The quantitative estimate of drug-likeness (QED) is 0.849. The maximum absolute atomic E-state index is 12.4. The second kappa shape index (κ2) is 7.06. The molecule has 0 unspecified atom stereocenters. The molecule has 3 N–H and O–H groups in total. The Balaban J connectivity index is 2.30. The highest BCUT2D eigenvalue weighted by atomic mass is 35.5. The van der Waals surface area contributed by atoms with Gasteiger partial charge in [-0.25, -0.2) is 4.79 Å². The van der Waals surface area contributed by atoms with Gasteiger partial charge in [-0.1, -0.05) is 29.8 Å². The van der Waals surface area contributed by atoms with E-state index in [4.69, 9.17) is 17.3 Å². The first-order chi connectivity index (χ1) is 10.6. The van der Waals surface area contributed by atoms with E-state index in [1.807, 2.05) is 6.07 Å². The Labute approximate surface area is 133 Å². The summed E-state index contributed by atoms with van der Waals surface area (Å²) in [6.45, 7) is 0.250. The van der Waals surface area contributed by atoms with Crippen molar-refractivity contribution < 1.29 is 14.3 Å². The third-order valence-electron chi connectivity index (χ3n) is 3.12. The maximum atomic E-state index is 12.4. The Morgan fingerprint density at radius 1 is 1.23 bits per heavy atom. The molecule has 0 heterocycles. The van der Waals surface area contributed by atoms with Gasteiger partial charge in [-0.15, -0.1) is 0 Å². The Bertz CT molecular complexity index is 716. The number of carbonyl (C=O) groups excluding carboxylic acids is 2. The first kappa shape index (κ1) is 16.0. The monoisotopic (exact) mass is 318 g/mol. The fourth-order valence-corrected chi connectivity index (χ4v) is 2.14. The number of benzene rings is 2. The van der Waals surface area contributed by atoms with Gasteiger partial charge in [0, 0.05) is 12.1 Å². The van der Waals surface area contributed by atoms with Crippen LogP contribution in [0.1, 0.15) is 26.3 Å². The number of hydrogen-bond acceptors (Lipinski definition) is 4. The molecule has 22 heavy (non-hydrogen) atoms. The zero-order valence-electron chi connectivity index (χ0n) is 11.9. The Kier molecular flexibility index (Phi) is 5.14. The van der Waals surface area contributed by atoms with Gasteiger partial charge in [0.2, 0.25) is 0 Å². The molecule has 0 aliphatic heterocycles. The zero-order chi connectivity index (χ0) is 16.1. The molecule has 2 rings (SSSR count). The molecule has 5 nitrogen and oxygen atoms in total. The average molecular weight is 319 g/mol. The van der Waals surface area contributed by atoms with Crippen LogP contribution in [0.3, 0.4) is 0 Å². The number of halogens is 1. The highest BCUT2D eigenvalue weighted by Gasteiger charge is 2.14. The number of nitrogens with two attached hydrogens (primary N) is 1. The molecule has 0 radical (unpaired) electrons. The fraction of sp³-hybridized carbons (Fsp3) is 0.125. The van der Waals surface area contributed by atoms with Crippen molar-refractivity contribution in [2.75, 3.05) is 12.4 Å². The van der Waals surface area contributed by atoms with Gasteiger partial charge in [0.15, 0.2) is 0 Å². The molecule has 0 aromatic heterocycles. The first-order valence-corrected chi connectivity index (χ1v) is 6.91. The number of rotatable bonds is 4. The molecule has 0 fully saturated rings. The number of carbonyl (C=O) groups is 2. The Morgan fingerprint density at radius 3 is 2.64 bits per heavy atom. The number of anilines is 1. The number of esters is 1. The highest BCUT2D eigenvalue weighted by Crippen LogP contribution is 2.24. The maximum Gasteiger partial charge on any atom is 0.337 e. The largest absolute Gasteiger partial charge is 0.465 e. The molecule has 1 amide bonds. The van der Waals surface area contributed by atoms with Crippen LogP contribution in [0.5, 0.6) is 0 Å². The van der Waals surface area contributed by atoms with Crippen LogP contribution in [0.4, 0.5) is 5.69 Å². The van der Waals surface area contributed by atoms with E-state index in [0.717, 1.165) is 5.56 Å². The van der Waals surface area contributed by atoms with E-state index in [-0.39, 0.29) is 12.5 Å². The van der Waals surface area contributed by atoms with E-state index in [1.54, 1.807) is 18.2 Å². The lowest BCUT2D eigenvalue weighted by Crippen LogP contribution is -2.16. The van der Waals surface area contributed by atoms with Gasteiger partial charge >= 0.3 is 5.97 Å². The molecular weight excluding hydrogens is 304 g/mol. The van der Waals surface area contributed by atoms with Crippen LogP contribution in [0, 0.1) is 0 Å². The van der Waals surface area contributed by atoms with Crippen LogP contribution in [-0.2, 0) is 11.3 Å². The third kappa shape index (κ3) is 3.44. The molecular formula is C16H15ClN2O3. The van der Waals surface area contributed by atoms with Crippen molar-refractivity contribution in [3.63, 3.8) is 0 Å². The summed E-state index contributed by atoms with van der Waals surface area (Å²) >= 11 is 6.06. The summed E-state index contributed by atoms with van der Waals surface area (Å²) in [4.78, 5) is 23.9. The molecule has 2 aromatic carbocycles. The van der Waals surface area contributed by atoms with Crippen LogP contribution in [0.2, 0.25) is 5.02 Å². The van der Waals surface area contributed by atoms with Gasteiger partial charge in [0.05, 0.1) is 23.4 Å². The van der Waals surface area contributed by atoms with E-state index in [2.05, 4.69) is 10.1 Å². The van der Waals surface area contributed by atoms with Crippen molar-refractivity contribution >= 4 is 29.2 Å². The van der Waals surface area contributed by atoms with Crippen LogP contribution in [0.15, 0.2) is 42.5 Å². The molecule has 0 bridgehead atoms. The topological polar surface area (TPSA) is 81.4 Å². The van der Waals surface area contributed by atoms with Gasteiger partial charge in [0.25, 0.3) is 5.91 Å². The van der Waals surface area contributed by atoms with Crippen LogP contribution >= 0.6 is 11.6 Å². The molecule has 0 saturated heterocycles. The molecule has 2 aromatic rings.